The summed E-state index contributed by atoms with van der Waals surface area (Å²) in [7, 11) is 1.79. The first-order chi connectivity index (χ1) is 8.56. The highest BCUT2D eigenvalue weighted by Gasteiger charge is 2.32. The summed E-state index contributed by atoms with van der Waals surface area (Å²) in [6.07, 6.45) is 4.68. The molecule has 1 amide bonds. The van der Waals surface area contributed by atoms with Crippen LogP contribution in [-0.4, -0.2) is 28.8 Å². The van der Waals surface area contributed by atoms with Crippen molar-refractivity contribution in [3.8, 4) is 0 Å². The van der Waals surface area contributed by atoms with Crippen molar-refractivity contribution in [1.82, 2.24) is 15.1 Å². The standard InChI is InChI=1S/C13H22N4O/c1-10-7-11(17(2)16-10)12(18)15-9-13(8-14)5-3-4-6-13/h7H,3-6,8-9,14H2,1-2H3,(H,15,18). The van der Waals surface area contributed by atoms with Crippen molar-refractivity contribution in [2.24, 2.45) is 18.2 Å². The molecule has 2 rings (SSSR count). The highest BCUT2D eigenvalue weighted by atomic mass is 16.2. The van der Waals surface area contributed by atoms with Gasteiger partial charge in [-0.3, -0.25) is 9.48 Å². The molecule has 1 saturated carbocycles. The monoisotopic (exact) mass is 250 g/mol. The number of carbonyl (C=O) groups excluding carboxylic acids is 1. The van der Waals surface area contributed by atoms with E-state index in [9.17, 15) is 4.79 Å². The molecule has 0 unspecified atom stereocenters. The van der Waals surface area contributed by atoms with Crippen LogP contribution in [0.2, 0.25) is 0 Å². The fourth-order valence-corrected chi connectivity index (χ4v) is 2.76. The van der Waals surface area contributed by atoms with E-state index in [1.54, 1.807) is 17.8 Å². The summed E-state index contributed by atoms with van der Waals surface area (Å²) in [6, 6.07) is 1.80. The maximum absolute atomic E-state index is 12.1. The van der Waals surface area contributed by atoms with Crippen LogP contribution in [0, 0.1) is 12.3 Å². The molecule has 1 fully saturated rings. The van der Waals surface area contributed by atoms with Crippen LogP contribution in [0.3, 0.4) is 0 Å². The third kappa shape index (κ3) is 2.56. The molecular formula is C13H22N4O. The summed E-state index contributed by atoms with van der Waals surface area (Å²) < 4.78 is 1.62. The van der Waals surface area contributed by atoms with Gasteiger partial charge >= 0.3 is 0 Å². The maximum atomic E-state index is 12.1. The molecule has 100 valence electrons. The number of aryl methyl sites for hydroxylation is 2. The summed E-state index contributed by atoms with van der Waals surface area (Å²) >= 11 is 0. The molecule has 3 N–H and O–H groups in total. The summed E-state index contributed by atoms with van der Waals surface area (Å²) in [5, 5.41) is 7.19. The van der Waals surface area contributed by atoms with E-state index in [0.29, 0.717) is 18.8 Å². The number of hydrogen-bond acceptors (Lipinski definition) is 3. The average Bonchev–Trinajstić information content (AvgIpc) is 2.94. The van der Waals surface area contributed by atoms with E-state index in [4.69, 9.17) is 5.73 Å². The molecule has 0 saturated heterocycles. The lowest BCUT2D eigenvalue weighted by molar-refractivity contribution is 0.0922. The van der Waals surface area contributed by atoms with E-state index in [0.717, 1.165) is 18.5 Å². The Bertz CT molecular complexity index is 432. The summed E-state index contributed by atoms with van der Waals surface area (Å²) in [5.41, 5.74) is 7.44. The van der Waals surface area contributed by atoms with Gasteiger partial charge in [0.2, 0.25) is 0 Å². The van der Waals surface area contributed by atoms with Gasteiger partial charge in [-0.2, -0.15) is 5.10 Å². The Balaban J connectivity index is 1.98. The molecule has 0 spiro atoms. The van der Waals surface area contributed by atoms with Crippen molar-refractivity contribution in [2.75, 3.05) is 13.1 Å². The molecule has 1 aliphatic rings. The normalized spacial score (nSPS) is 17.9. The van der Waals surface area contributed by atoms with Gasteiger partial charge in [-0.25, -0.2) is 0 Å². The SMILES string of the molecule is Cc1cc(C(=O)NCC2(CN)CCCC2)n(C)n1. The predicted molar refractivity (Wildman–Crippen MR) is 70.2 cm³/mol. The first-order valence-electron chi connectivity index (χ1n) is 6.55. The van der Waals surface area contributed by atoms with Crippen LogP contribution in [0.4, 0.5) is 0 Å². The molecule has 0 radical (unpaired) electrons. The zero-order valence-corrected chi connectivity index (χ0v) is 11.2. The predicted octanol–water partition coefficient (Wildman–Crippen LogP) is 0.977. The van der Waals surface area contributed by atoms with Gasteiger partial charge in [0, 0.05) is 13.6 Å². The second kappa shape index (κ2) is 5.10. The number of nitrogens with two attached hydrogens (primary N) is 1. The Morgan fingerprint density at radius 3 is 2.72 bits per heavy atom. The highest BCUT2D eigenvalue weighted by Crippen LogP contribution is 2.36. The van der Waals surface area contributed by atoms with Crippen molar-refractivity contribution >= 4 is 5.91 Å². The van der Waals surface area contributed by atoms with Gasteiger partial charge in [0.15, 0.2) is 0 Å². The van der Waals surface area contributed by atoms with Gasteiger partial charge in [-0.05, 0) is 37.8 Å². The van der Waals surface area contributed by atoms with E-state index in [1.165, 1.54) is 12.8 Å². The average molecular weight is 250 g/mol. The summed E-state index contributed by atoms with van der Waals surface area (Å²) in [6.45, 7) is 3.21. The van der Waals surface area contributed by atoms with Crippen LogP contribution in [-0.2, 0) is 7.05 Å². The molecule has 1 aromatic heterocycles. The van der Waals surface area contributed by atoms with Gasteiger partial charge in [-0.15, -0.1) is 0 Å². The largest absolute Gasteiger partial charge is 0.350 e. The van der Waals surface area contributed by atoms with E-state index < -0.39 is 0 Å². The Morgan fingerprint density at radius 1 is 1.56 bits per heavy atom. The molecule has 0 bridgehead atoms. The zero-order chi connectivity index (χ0) is 13.2. The van der Waals surface area contributed by atoms with Crippen molar-refractivity contribution in [1.29, 1.82) is 0 Å². The minimum absolute atomic E-state index is 0.0576. The molecule has 5 heteroatoms. The number of rotatable bonds is 4. The highest BCUT2D eigenvalue weighted by molar-refractivity contribution is 5.92. The van der Waals surface area contributed by atoms with Gasteiger partial charge in [0.1, 0.15) is 5.69 Å². The molecular weight excluding hydrogens is 228 g/mol. The Hall–Kier alpha value is -1.36. The lowest BCUT2D eigenvalue weighted by Gasteiger charge is -2.27. The Kier molecular flexibility index (Phi) is 3.71. The van der Waals surface area contributed by atoms with Crippen LogP contribution in [0.5, 0.6) is 0 Å². The van der Waals surface area contributed by atoms with Gasteiger partial charge < -0.3 is 11.1 Å². The third-order valence-electron chi connectivity index (χ3n) is 3.96. The van der Waals surface area contributed by atoms with Crippen molar-refractivity contribution in [3.05, 3.63) is 17.5 Å². The lowest BCUT2D eigenvalue weighted by Crippen LogP contribution is -2.41. The Morgan fingerprint density at radius 2 is 2.22 bits per heavy atom. The van der Waals surface area contributed by atoms with E-state index in [-0.39, 0.29) is 11.3 Å². The van der Waals surface area contributed by atoms with Gasteiger partial charge in [-0.1, -0.05) is 12.8 Å². The number of hydrogen-bond donors (Lipinski definition) is 2. The fraction of sp³-hybridized carbons (Fsp3) is 0.692. The molecule has 18 heavy (non-hydrogen) atoms. The molecule has 5 nitrogen and oxygen atoms in total. The van der Waals surface area contributed by atoms with Crippen LogP contribution >= 0.6 is 0 Å². The topological polar surface area (TPSA) is 72.9 Å². The number of nitrogens with one attached hydrogen (secondary N) is 1. The second-order valence-corrected chi connectivity index (χ2v) is 5.39. The quantitative estimate of drug-likeness (QED) is 0.836. The molecule has 1 aliphatic carbocycles. The molecule has 1 aromatic rings. The lowest BCUT2D eigenvalue weighted by atomic mass is 9.86. The van der Waals surface area contributed by atoms with E-state index in [2.05, 4.69) is 10.4 Å². The number of carbonyl (C=O) groups is 1. The maximum Gasteiger partial charge on any atom is 0.269 e. The smallest absolute Gasteiger partial charge is 0.269 e. The van der Waals surface area contributed by atoms with Crippen LogP contribution in [0.25, 0.3) is 0 Å². The molecule has 0 atom stereocenters. The minimum Gasteiger partial charge on any atom is -0.350 e. The van der Waals surface area contributed by atoms with Crippen molar-refractivity contribution in [3.63, 3.8) is 0 Å². The molecule has 0 aromatic carbocycles. The van der Waals surface area contributed by atoms with Crippen LogP contribution in [0.1, 0.15) is 41.9 Å². The van der Waals surface area contributed by atoms with E-state index in [1.807, 2.05) is 6.92 Å². The first kappa shape index (κ1) is 13.1. The molecule has 0 aliphatic heterocycles. The number of nitrogens with zero attached hydrogens (tertiary/aromatic N) is 2. The summed E-state index contributed by atoms with van der Waals surface area (Å²) in [4.78, 5) is 12.1. The zero-order valence-electron chi connectivity index (χ0n) is 11.2. The summed E-state index contributed by atoms with van der Waals surface area (Å²) in [5.74, 6) is -0.0576. The van der Waals surface area contributed by atoms with E-state index >= 15 is 0 Å². The minimum atomic E-state index is -0.0576. The van der Waals surface area contributed by atoms with Crippen LogP contribution in [0.15, 0.2) is 6.07 Å². The number of aromatic nitrogens is 2. The molecule has 1 heterocycles. The van der Waals surface area contributed by atoms with Crippen molar-refractivity contribution in [2.45, 2.75) is 32.6 Å². The van der Waals surface area contributed by atoms with Crippen molar-refractivity contribution < 1.29 is 4.79 Å². The second-order valence-electron chi connectivity index (χ2n) is 5.39. The number of amides is 1. The Labute approximate surface area is 108 Å². The van der Waals surface area contributed by atoms with Gasteiger partial charge in [0.05, 0.1) is 5.69 Å². The van der Waals surface area contributed by atoms with Crippen LogP contribution < -0.4 is 11.1 Å². The third-order valence-corrected chi connectivity index (χ3v) is 3.96. The van der Waals surface area contributed by atoms with Gasteiger partial charge in [0.25, 0.3) is 5.91 Å². The first-order valence-corrected chi connectivity index (χ1v) is 6.55. The fourth-order valence-electron chi connectivity index (χ4n) is 2.76.